The van der Waals surface area contributed by atoms with Crippen LogP contribution in [-0.2, 0) is 19.1 Å². The van der Waals surface area contributed by atoms with E-state index in [-0.39, 0.29) is 6.54 Å². The second-order valence-corrected chi connectivity index (χ2v) is 6.26. The van der Waals surface area contributed by atoms with Crippen LogP contribution < -0.4 is 0 Å². The maximum atomic E-state index is 12.7. The summed E-state index contributed by atoms with van der Waals surface area (Å²) < 4.78 is 5.35. The van der Waals surface area contributed by atoms with Crippen molar-refractivity contribution in [2.45, 2.75) is 63.9 Å². The molecule has 2 aliphatic rings. The second kappa shape index (κ2) is 6.34. The monoisotopic (exact) mass is 313 g/mol. The molecule has 0 aromatic rings. The highest BCUT2D eigenvalue weighted by Crippen LogP contribution is 2.30. The fourth-order valence-corrected chi connectivity index (χ4v) is 3.14. The Bertz CT molecular complexity index is 479. The number of carbonyl (C=O) groups excluding carboxylic acids is 2. The summed E-state index contributed by atoms with van der Waals surface area (Å²) >= 11 is 0. The second-order valence-electron chi connectivity index (χ2n) is 6.26. The summed E-state index contributed by atoms with van der Waals surface area (Å²) in [7, 11) is 0. The van der Waals surface area contributed by atoms with Crippen molar-refractivity contribution in [2.75, 3.05) is 6.54 Å². The summed E-state index contributed by atoms with van der Waals surface area (Å²) in [6.07, 6.45) is 2.29. The van der Waals surface area contributed by atoms with Crippen molar-refractivity contribution < 1.29 is 29.3 Å². The van der Waals surface area contributed by atoms with Crippen molar-refractivity contribution in [1.29, 1.82) is 0 Å². The molecule has 2 fully saturated rings. The first kappa shape index (κ1) is 16.9. The van der Waals surface area contributed by atoms with Gasteiger partial charge in [0.2, 0.25) is 5.78 Å². The Hall–Kier alpha value is -1.47. The topological polar surface area (TPSA) is 104 Å². The third kappa shape index (κ3) is 3.01. The number of rotatable bonds is 2. The summed E-state index contributed by atoms with van der Waals surface area (Å²) in [5, 5.41) is 19.9. The zero-order valence-electron chi connectivity index (χ0n) is 12.9. The van der Waals surface area contributed by atoms with Crippen LogP contribution >= 0.6 is 0 Å². The Kier molecular flexibility index (Phi) is 4.87. The third-order valence-electron chi connectivity index (χ3n) is 4.50. The summed E-state index contributed by atoms with van der Waals surface area (Å²) in [6, 6.07) is -1.02. The van der Waals surface area contributed by atoms with Crippen LogP contribution in [0.3, 0.4) is 0 Å². The quantitative estimate of drug-likeness (QED) is 0.721. The van der Waals surface area contributed by atoms with Crippen LogP contribution in [0.1, 0.15) is 46.0 Å². The van der Waals surface area contributed by atoms with E-state index in [1.54, 1.807) is 13.8 Å². The molecule has 0 bridgehead atoms. The Labute approximate surface area is 129 Å². The third-order valence-corrected chi connectivity index (χ3v) is 4.50. The van der Waals surface area contributed by atoms with Crippen LogP contribution in [0.5, 0.6) is 0 Å². The van der Waals surface area contributed by atoms with Gasteiger partial charge in [-0.15, -0.1) is 0 Å². The van der Waals surface area contributed by atoms with E-state index in [2.05, 4.69) is 0 Å². The van der Waals surface area contributed by atoms with Crippen LogP contribution in [0.2, 0.25) is 0 Å². The van der Waals surface area contributed by atoms with E-state index in [1.807, 2.05) is 0 Å². The molecular formula is C15H23NO6. The van der Waals surface area contributed by atoms with Gasteiger partial charge in [-0.05, 0) is 39.0 Å². The number of aliphatic hydroxyl groups is 1. The Balaban J connectivity index is 2.31. The summed E-state index contributed by atoms with van der Waals surface area (Å²) in [5.74, 6) is -5.83. The summed E-state index contributed by atoms with van der Waals surface area (Å²) in [4.78, 5) is 37.5. The number of likely N-dealkylation sites (tertiary alicyclic amines) is 1. The number of ketones is 1. The molecule has 0 aliphatic carbocycles. The van der Waals surface area contributed by atoms with Gasteiger partial charge in [-0.2, -0.15) is 0 Å². The van der Waals surface area contributed by atoms with E-state index in [0.717, 1.165) is 4.90 Å². The normalized spacial score (nSPS) is 36.8. The summed E-state index contributed by atoms with van der Waals surface area (Å²) in [5.41, 5.74) is 0. The first-order chi connectivity index (χ1) is 10.3. The molecule has 124 valence electrons. The molecule has 0 spiro atoms. The fraction of sp³-hybridized carbons (Fsp3) is 0.800. The van der Waals surface area contributed by atoms with Crippen molar-refractivity contribution in [3.8, 4) is 0 Å². The van der Waals surface area contributed by atoms with E-state index in [4.69, 9.17) is 4.74 Å². The molecular weight excluding hydrogens is 290 g/mol. The Morgan fingerprint density at radius 3 is 2.55 bits per heavy atom. The molecule has 0 saturated carbocycles. The average molecular weight is 313 g/mol. The van der Waals surface area contributed by atoms with E-state index in [0.29, 0.717) is 32.1 Å². The van der Waals surface area contributed by atoms with Crippen LogP contribution in [0, 0.1) is 5.92 Å². The minimum atomic E-state index is -2.57. The molecule has 0 radical (unpaired) electrons. The number of aliphatic carboxylic acids is 1. The number of carbonyl (C=O) groups is 3. The van der Waals surface area contributed by atoms with Crippen LogP contribution in [0.15, 0.2) is 0 Å². The minimum absolute atomic E-state index is 0.206. The van der Waals surface area contributed by atoms with Crippen molar-refractivity contribution in [3.63, 3.8) is 0 Å². The molecule has 7 heteroatoms. The van der Waals surface area contributed by atoms with E-state index in [1.165, 1.54) is 0 Å². The van der Waals surface area contributed by atoms with Crippen molar-refractivity contribution in [2.24, 2.45) is 5.92 Å². The highest BCUT2D eigenvalue weighted by Gasteiger charge is 2.53. The SMILES string of the molecule is CC1CC[C@@H](C)C(=O)C(O)(C(=O)N2CCCC[C@H]2C(=O)O)O1. The molecule has 2 N–H and O–H groups in total. The number of carboxylic acid groups (broad SMARTS) is 1. The standard InChI is InChI=1S/C15H23NO6/c1-9-6-7-10(2)22-15(21,12(9)17)14(20)16-8-4-3-5-11(16)13(18)19/h9-11,21H,3-8H2,1-2H3,(H,18,19)/t9-,10?,11+,15?/m1/s1. The Morgan fingerprint density at radius 2 is 1.91 bits per heavy atom. The van der Waals surface area contributed by atoms with E-state index < -0.39 is 41.5 Å². The lowest BCUT2D eigenvalue weighted by Crippen LogP contribution is -2.61. The minimum Gasteiger partial charge on any atom is -0.480 e. The van der Waals surface area contributed by atoms with Crippen molar-refractivity contribution in [3.05, 3.63) is 0 Å². The van der Waals surface area contributed by atoms with Gasteiger partial charge in [-0.1, -0.05) is 6.92 Å². The predicted molar refractivity (Wildman–Crippen MR) is 75.9 cm³/mol. The zero-order valence-corrected chi connectivity index (χ0v) is 12.9. The highest BCUT2D eigenvalue weighted by molar-refractivity contribution is 6.09. The zero-order chi connectivity index (χ0) is 16.5. The molecule has 22 heavy (non-hydrogen) atoms. The molecule has 2 unspecified atom stereocenters. The van der Waals surface area contributed by atoms with E-state index >= 15 is 0 Å². The maximum Gasteiger partial charge on any atom is 0.326 e. The molecule has 7 nitrogen and oxygen atoms in total. The molecule has 2 rings (SSSR count). The lowest BCUT2D eigenvalue weighted by Gasteiger charge is -2.38. The van der Waals surface area contributed by atoms with Crippen molar-refractivity contribution >= 4 is 17.7 Å². The molecule has 4 atom stereocenters. The molecule has 0 aromatic heterocycles. The van der Waals surface area contributed by atoms with Gasteiger partial charge in [0.15, 0.2) is 0 Å². The maximum absolute atomic E-state index is 12.7. The lowest BCUT2D eigenvalue weighted by atomic mass is 9.93. The first-order valence-electron chi connectivity index (χ1n) is 7.75. The molecule has 1 amide bonds. The largest absolute Gasteiger partial charge is 0.480 e. The van der Waals surface area contributed by atoms with Crippen LogP contribution in [0.4, 0.5) is 0 Å². The molecule has 2 saturated heterocycles. The molecule has 2 heterocycles. The van der Waals surface area contributed by atoms with Gasteiger partial charge < -0.3 is 19.8 Å². The van der Waals surface area contributed by atoms with Crippen LogP contribution in [-0.4, -0.2) is 57.3 Å². The van der Waals surface area contributed by atoms with Crippen LogP contribution in [0.25, 0.3) is 0 Å². The molecule has 0 aromatic carbocycles. The summed E-state index contributed by atoms with van der Waals surface area (Å²) in [6.45, 7) is 3.54. The number of nitrogens with zero attached hydrogens (tertiary/aromatic N) is 1. The number of carboxylic acids is 1. The highest BCUT2D eigenvalue weighted by atomic mass is 16.6. The number of piperidine rings is 1. The first-order valence-corrected chi connectivity index (χ1v) is 7.75. The smallest absolute Gasteiger partial charge is 0.326 e. The number of amides is 1. The van der Waals surface area contributed by atoms with Gasteiger partial charge >= 0.3 is 11.8 Å². The van der Waals surface area contributed by atoms with Gasteiger partial charge in [-0.3, -0.25) is 9.59 Å². The lowest BCUT2D eigenvalue weighted by molar-refractivity contribution is -0.227. The van der Waals surface area contributed by atoms with Gasteiger partial charge in [0.1, 0.15) is 6.04 Å². The number of Topliss-reactive ketones (excluding diaryl/α,β-unsaturated/α-hetero) is 1. The Morgan fingerprint density at radius 1 is 1.23 bits per heavy atom. The van der Waals surface area contributed by atoms with Gasteiger partial charge in [0.05, 0.1) is 6.10 Å². The number of hydrogen-bond acceptors (Lipinski definition) is 5. The van der Waals surface area contributed by atoms with Gasteiger partial charge in [0.25, 0.3) is 5.91 Å². The predicted octanol–water partition coefficient (Wildman–Crippen LogP) is 0.545. The van der Waals surface area contributed by atoms with Gasteiger partial charge in [-0.25, -0.2) is 4.79 Å². The fourth-order valence-electron chi connectivity index (χ4n) is 3.14. The van der Waals surface area contributed by atoms with E-state index in [9.17, 15) is 24.6 Å². The average Bonchev–Trinajstić information content (AvgIpc) is 2.59. The van der Waals surface area contributed by atoms with Crippen molar-refractivity contribution in [1.82, 2.24) is 4.90 Å². The number of ether oxygens (including phenoxy) is 1. The van der Waals surface area contributed by atoms with Gasteiger partial charge in [0, 0.05) is 12.5 Å². The molecule has 2 aliphatic heterocycles. The number of hydrogen-bond donors (Lipinski definition) is 2.